The van der Waals surface area contributed by atoms with E-state index in [1.165, 1.54) is 5.56 Å². The van der Waals surface area contributed by atoms with E-state index >= 15 is 0 Å². The number of anilines is 1. The van der Waals surface area contributed by atoms with Gasteiger partial charge in [0.2, 0.25) is 0 Å². The van der Waals surface area contributed by atoms with Crippen LogP contribution >= 0.6 is 0 Å². The summed E-state index contributed by atoms with van der Waals surface area (Å²) < 4.78 is 5.11. The predicted octanol–water partition coefficient (Wildman–Crippen LogP) is 2.80. The molecule has 0 amide bonds. The molecule has 0 radical (unpaired) electrons. The molecule has 0 unspecified atom stereocenters. The second kappa shape index (κ2) is 6.07. The van der Waals surface area contributed by atoms with E-state index in [-0.39, 0.29) is 6.61 Å². The van der Waals surface area contributed by atoms with Crippen molar-refractivity contribution in [1.29, 1.82) is 0 Å². The van der Waals surface area contributed by atoms with Crippen molar-refractivity contribution in [2.45, 2.75) is 13.2 Å². The van der Waals surface area contributed by atoms with Crippen LogP contribution in [0, 0.1) is 0 Å². The maximum absolute atomic E-state index is 8.96. The normalized spacial score (nSPS) is 10.1. The molecular weight excluding hydrogens is 226 g/mol. The van der Waals surface area contributed by atoms with Gasteiger partial charge in [-0.15, -0.1) is 0 Å². The van der Waals surface area contributed by atoms with Gasteiger partial charge in [0.1, 0.15) is 5.75 Å². The Labute approximate surface area is 107 Å². The summed E-state index contributed by atoms with van der Waals surface area (Å²) in [6, 6.07) is 15.7. The molecule has 0 atom stereocenters. The van der Waals surface area contributed by atoms with Crippen molar-refractivity contribution in [2.24, 2.45) is 0 Å². The van der Waals surface area contributed by atoms with Gasteiger partial charge < -0.3 is 15.2 Å². The molecule has 0 aliphatic rings. The SMILES string of the molecule is COc1ccc(NCc2ccc(CO)cc2)cc1. The standard InChI is InChI=1S/C15H17NO2/c1-18-15-8-6-14(7-9-15)16-10-12-2-4-13(11-17)5-3-12/h2-9,16-17H,10-11H2,1H3. The maximum atomic E-state index is 8.96. The van der Waals surface area contributed by atoms with Crippen LogP contribution in [-0.4, -0.2) is 12.2 Å². The van der Waals surface area contributed by atoms with E-state index in [0.29, 0.717) is 0 Å². The zero-order valence-corrected chi connectivity index (χ0v) is 10.4. The number of hydrogen-bond acceptors (Lipinski definition) is 3. The van der Waals surface area contributed by atoms with Crippen molar-refractivity contribution in [1.82, 2.24) is 0 Å². The number of nitrogens with one attached hydrogen (secondary N) is 1. The zero-order chi connectivity index (χ0) is 12.8. The Hall–Kier alpha value is -2.00. The number of rotatable bonds is 5. The minimum Gasteiger partial charge on any atom is -0.497 e. The van der Waals surface area contributed by atoms with Gasteiger partial charge in [-0.2, -0.15) is 0 Å². The molecule has 0 saturated carbocycles. The summed E-state index contributed by atoms with van der Waals surface area (Å²) in [5.41, 5.74) is 3.17. The Morgan fingerprint density at radius 1 is 0.944 bits per heavy atom. The quantitative estimate of drug-likeness (QED) is 0.848. The van der Waals surface area contributed by atoms with Crippen LogP contribution in [0.2, 0.25) is 0 Å². The fraction of sp³-hybridized carbons (Fsp3) is 0.200. The van der Waals surface area contributed by atoms with Crippen LogP contribution in [0.15, 0.2) is 48.5 Å². The van der Waals surface area contributed by atoms with Gasteiger partial charge in [0, 0.05) is 12.2 Å². The fourth-order valence-corrected chi connectivity index (χ4v) is 1.68. The second-order valence-electron chi connectivity index (χ2n) is 4.06. The highest BCUT2D eigenvalue weighted by atomic mass is 16.5. The summed E-state index contributed by atoms with van der Waals surface area (Å²) in [5, 5.41) is 12.3. The molecule has 0 fully saturated rings. The van der Waals surface area contributed by atoms with E-state index in [1.54, 1.807) is 7.11 Å². The third-order valence-electron chi connectivity index (χ3n) is 2.79. The Bertz CT molecular complexity index is 429. The van der Waals surface area contributed by atoms with E-state index in [9.17, 15) is 0 Å². The molecule has 0 bridgehead atoms. The molecule has 0 spiro atoms. The first-order valence-corrected chi connectivity index (χ1v) is 5.88. The van der Waals surface area contributed by atoms with Crippen molar-refractivity contribution in [3.05, 3.63) is 59.7 Å². The number of methoxy groups -OCH3 is 1. The third-order valence-corrected chi connectivity index (χ3v) is 2.79. The van der Waals surface area contributed by atoms with E-state index in [1.807, 2.05) is 48.5 Å². The van der Waals surface area contributed by atoms with Crippen LogP contribution in [0.1, 0.15) is 11.1 Å². The topological polar surface area (TPSA) is 41.5 Å². The molecule has 0 aromatic heterocycles. The first-order valence-electron chi connectivity index (χ1n) is 5.88. The third kappa shape index (κ3) is 3.25. The number of aliphatic hydroxyl groups is 1. The van der Waals surface area contributed by atoms with Crippen LogP contribution < -0.4 is 10.1 Å². The lowest BCUT2D eigenvalue weighted by Crippen LogP contribution is -1.99. The van der Waals surface area contributed by atoms with Gasteiger partial charge in [-0.05, 0) is 35.4 Å². The lowest BCUT2D eigenvalue weighted by molar-refractivity contribution is 0.282. The Morgan fingerprint density at radius 2 is 1.56 bits per heavy atom. The Balaban J connectivity index is 1.93. The maximum Gasteiger partial charge on any atom is 0.119 e. The molecular formula is C15H17NO2. The number of benzene rings is 2. The molecule has 0 heterocycles. The van der Waals surface area contributed by atoms with Gasteiger partial charge in [0.05, 0.1) is 13.7 Å². The average Bonchev–Trinajstić information content (AvgIpc) is 2.46. The summed E-state index contributed by atoms with van der Waals surface area (Å²) in [7, 11) is 1.66. The first kappa shape index (κ1) is 12.5. The van der Waals surface area contributed by atoms with Crippen LogP contribution in [0.5, 0.6) is 5.75 Å². The van der Waals surface area contributed by atoms with Crippen LogP contribution in [-0.2, 0) is 13.2 Å². The molecule has 0 aliphatic carbocycles. The van der Waals surface area contributed by atoms with Gasteiger partial charge >= 0.3 is 0 Å². The van der Waals surface area contributed by atoms with E-state index in [2.05, 4.69) is 5.32 Å². The van der Waals surface area contributed by atoms with Crippen molar-refractivity contribution in [3.8, 4) is 5.75 Å². The predicted molar refractivity (Wildman–Crippen MR) is 72.7 cm³/mol. The van der Waals surface area contributed by atoms with Gasteiger partial charge in [-0.1, -0.05) is 24.3 Å². The second-order valence-corrected chi connectivity index (χ2v) is 4.06. The molecule has 3 nitrogen and oxygen atoms in total. The minimum atomic E-state index is 0.0895. The average molecular weight is 243 g/mol. The highest BCUT2D eigenvalue weighted by molar-refractivity contribution is 5.46. The van der Waals surface area contributed by atoms with Gasteiger partial charge in [0.25, 0.3) is 0 Å². The molecule has 3 heteroatoms. The molecule has 0 saturated heterocycles. The Kier molecular flexibility index (Phi) is 4.20. The van der Waals surface area contributed by atoms with E-state index < -0.39 is 0 Å². The molecule has 2 N–H and O–H groups in total. The first-order chi connectivity index (χ1) is 8.81. The fourth-order valence-electron chi connectivity index (χ4n) is 1.68. The van der Waals surface area contributed by atoms with Gasteiger partial charge in [-0.25, -0.2) is 0 Å². The summed E-state index contributed by atoms with van der Waals surface area (Å²) >= 11 is 0. The van der Waals surface area contributed by atoms with Crippen molar-refractivity contribution >= 4 is 5.69 Å². The van der Waals surface area contributed by atoms with Crippen molar-refractivity contribution in [3.63, 3.8) is 0 Å². The van der Waals surface area contributed by atoms with Crippen LogP contribution in [0.3, 0.4) is 0 Å². The van der Waals surface area contributed by atoms with Gasteiger partial charge in [0.15, 0.2) is 0 Å². The monoisotopic (exact) mass is 243 g/mol. The van der Waals surface area contributed by atoms with E-state index in [4.69, 9.17) is 9.84 Å². The summed E-state index contributed by atoms with van der Waals surface area (Å²) in [6.45, 7) is 0.851. The van der Waals surface area contributed by atoms with E-state index in [0.717, 1.165) is 23.5 Å². The molecule has 2 aromatic carbocycles. The number of ether oxygens (including phenoxy) is 1. The lowest BCUT2D eigenvalue weighted by Gasteiger charge is -2.08. The summed E-state index contributed by atoms with van der Waals surface area (Å²) in [5.74, 6) is 0.854. The number of hydrogen-bond donors (Lipinski definition) is 2. The largest absolute Gasteiger partial charge is 0.497 e. The molecule has 2 aromatic rings. The van der Waals surface area contributed by atoms with Gasteiger partial charge in [-0.3, -0.25) is 0 Å². The molecule has 18 heavy (non-hydrogen) atoms. The molecule has 2 rings (SSSR count). The minimum absolute atomic E-state index is 0.0895. The number of aliphatic hydroxyl groups excluding tert-OH is 1. The van der Waals surface area contributed by atoms with Crippen LogP contribution in [0.25, 0.3) is 0 Å². The van der Waals surface area contributed by atoms with Crippen LogP contribution in [0.4, 0.5) is 5.69 Å². The summed E-state index contributed by atoms with van der Waals surface area (Å²) in [6.07, 6.45) is 0. The van der Waals surface area contributed by atoms with Crippen molar-refractivity contribution in [2.75, 3.05) is 12.4 Å². The Morgan fingerprint density at radius 3 is 2.11 bits per heavy atom. The van der Waals surface area contributed by atoms with Crippen molar-refractivity contribution < 1.29 is 9.84 Å². The highest BCUT2D eigenvalue weighted by Gasteiger charge is 1.96. The smallest absolute Gasteiger partial charge is 0.119 e. The lowest BCUT2D eigenvalue weighted by atomic mass is 10.1. The zero-order valence-electron chi connectivity index (χ0n) is 10.4. The summed E-state index contributed by atoms with van der Waals surface area (Å²) in [4.78, 5) is 0. The molecule has 0 aliphatic heterocycles. The molecule has 94 valence electrons. The highest BCUT2D eigenvalue weighted by Crippen LogP contribution is 2.16.